The van der Waals surface area contributed by atoms with E-state index in [4.69, 9.17) is 13.9 Å². The number of allylic oxidation sites excluding steroid dienone is 1. The van der Waals surface area contributed by atoms with Crippen LogP contribution in [-0.4, -0.2) is 28.0 Å². The Balaban J connectivity index is 1.59. The van der Waals surface area contributed by atoms with Crippen molar-refractivity contribution in [3.8, 4) is 17.1 Å². The van der Waals surface area contributed by atoms with Crippen LogP contribution in [-0.2, 0) is 14.3 Å². The van der Waals surface area contributed by atoms with Gasteiger partial charge in [-0.2, -0.15) is 0 Å². The molecule has 3 heterocycles. The second-order valence-electron chi connectivity index (χ2n) is 9.14. The number of nitro groups is 1. The summed E-state index contributed by atoms with van der Waals surface area (Å²) in [5.41, 5.74) is 1.17. The van der Waals surface area contributed by atoms with Gasteiger partial charge in [0.25, 0.3) is 11.2 Å². The summed E-state index contributed by atoms with van der Waals surface area (Å²) in [6.07, 6.45) is 3.00. The van der Waals surface area contributed by atoms with Gasteiger partial charge < -0.3 is 13.9 Å². The zero-order valence-electron chi connectivity index (χ0n) is 22.4. The van der Waals surface area contributed by atoms with E-state index >= 15 is 0 Å². The van der Waals surface area contributed by atoms with E-state index in [0.29, 0.717) is 43.4 Å². The van der Waals surface area contributed by atoms with Gasteiger partial charge >= 0.3 is 11.9 Å². The maximum absolute atomic E-state index is 13.8. The number of non-ortho nitro benzene ring substituents is 1. The maximum atomic E-state index is 13.8. The van der Waals surface area contributed by atoms with Crippen molar-refractivity contribution in [2.24, 2.45) is 4.99 Å². The van der Waals surface area contributed by atoms with Crippen LogP contribution in [0.2, 0.25) is 0 Å². The van der Waals surface area contributed by atoms with Crippen molar-refractivity contribution in [3.63, 3.8) is 0 Å². The van der Waals surface area contributed by atoms with Gasteiger partial charge in [0.1, 0.15) is 23.9 Å². The molecule has 0 fully saturated rings. The van der Waals surface area contributed by atoms with Gasteiger partial charge in [-0.1, -0.05) is 48.3 Å². The summed E-state index contributed by atoms with van der Waals surface area (Å²) in [7, 11) is 0. The molecule has 0 saturated carbocycles. The Morgan fingerprint density at radius 2 is 1.95 bits per heavy atom. The fourth-order valence-corrected chi connectivity index (χ4v) is 5.51. The third-order valence-corrected chi connectivity index (χ3v) is 7.26. The van der Waals surface area contributed by atoms with E-state index in [1.165, 1.54) is 29.7 Å². The molecule has 2 aromatic heterocycles. The predicted molar refractivity (Wildman–Crippen MR) is 153 cm³/mol. The third-order valence-electron chi connectivity index (χ3n) is 6.27. The van der Waals surface area contributed by atoms with Gasteiger partial charge in [-0.15, -0.1) is 0 Å². The van der Waals surface area contributed by atoms with E-state index in [-0.39, 0.29) is 17.9 Å². The molecule has 42 heavy (non-hydrogen) atoms. The lowest BCUT2D eigenvalue weighted by Crippen LogP contribution is -2.39. The topological polar surface area (TPSA) is 143 Å². The lowest BCUT2D eigenvalue weighted by molar-refractivity contribution is -0.384. The molecule has 5 rings (SSSR count). The Kier molecular flexibility index (Phi) is 7.80. The molecule has 0 N–H and O–H groups in total. The zero-order valence-corrected chi connectivity index (χ0v) is 23.3. The highest BCUT2D eigenvalue weighted by Crippen LogP contribution is 2.32. The number of furan rings is 1. The monoisotopic (exact) mass is 585 g/mol. The molecule has 4 aromatic rings. The molecule has 2 aromatic carbocycles. The molecule has 1 unspecified atom stereocenters. The Bertz CT molecular complexity index is 1950. The first-order chi connectivity index (χ1) is 20.2. The van der Waals surface area contributed by atoms with Crippen molar-refractivity contribution >= 4 is 35.0 Å². The molecule has 1 aliphatic heterocycles. The van der Waals surface area contributed by atoms with Gasteiger partial charge in [-0.05, 0) is 36.8 Å². The van der Waals surface area contributed by atoms with Gasteiger partial charge in [0, 0.05) is 30.7 Å². The van der Waals surface area contributed by atoms with Gasteiger partial charge in [-0.3, -0.25) is 24.3 Å². The van der Waals surface area contributed by atoms with Crippen LogP contribution >= 0.6 is 11.3 Å². The van der Waals surface area contributed by atoms with E-state index < -0.39 is 28.5 Å². The van der Waals surface area contributed by atoms with E-state index in [1.54, 1.807) is 61.5 Å². The lowest BCUT2D eigenvalue weighted by Gasteiger charge is -2.24. The molecule has 12 heteroatoms. The maximum Gasteiger partial charge on any atom is 0.338 e. The second-order valence-corrected chi connectivity index (χ2v) is 10.2. The number of rotatable bonds is 8. The molecular weight excluding hydrogens is 562 g/mol. The molecule has 1 atom stereocenters. The van der Waals surface area contributed by atoms with E-state index in [1.807, 2.05) is 0 Å². The van der Waals surface area contributed by atoms with Crippen LogP contribution < -0.4 is 19.6 Å². The Morgan fingerprint density at radius 1 is 1.19 bits per heavy atom. The number of thiazole rings is 1. The fourth-order valence-electron chi connectivity index (χ4n) is 4.48. The van der Waals surface area contributed by atoms with Crippen molar-refractivity contribution in [2.75, 3.05) is 6.61 Å². The number of fused-ring (bicyclic) bond motifs is 1. The number of hydrogen-bond donors (Lipinski definition) is 0. The minimum atomic E-state index is -0.871. The predicted octanol–water partition coefficient (Wildman–Crippen LogP) is 4.06. The highest BCUT2D eigenvalue weighted by atomic mass is 32.1. The van der Waals surface area contributed by atoms with Crippen LogP contribution in [0.5, 0.6) is 5.75 Å². The van der Waals surface area contributed by atoms with E-state index in [0.717, 1.165) is 11.3 Å². The summed E-state index contributed by atoms with van der Waals surface area (Å²) in [6.45, 7) is 6.51. The van der Waals surface area contributed by atoms with Crippen molar-refractivity contribution in [1.29, 1.82) is 0 Å². The number of carbonyl (C=O) groups excluding carboxylic acids is 2. The molecule has 0 spiro atoms. The number of carbonyl (C=O) groups is 2. The van der Waals surface area contributed by atoms with Crippen LogP contribution in [0.4, 0.5) is 5.69 Å². The van der Waals surface area contributed by atoms with Gasteiger partial charge in [0.15, 0.2) is 4.80 Å². The van der Waals surface area contributed by atoms with Crippen LogP contribution in [0.15, 0.2) is 98.8 Å². The molecule has 0 saturated heterocycles. The van der Waals surface area contributed by atoms with Gasteiger partial charge in [0.2, 0.25) is 0 Å². The Labute approximate surface area is 242 Å². The molecule has 0 bridgehead atoms. The van der Waals surface area contributed by atoms with Crippen molar-refractivity contribution in [3.05, 3.63) is 126 Å². The SMILES string of the molecule is C=CCOC(=O)C1=C(C)N=c2sc(=Cc3ccc(-c4cccc([N+](=O)[O-])c4)o3)c(=O)n2C1c1ccc(OC(C)=O)cc1. The summed E-state index contributed by atoms with van der Waals surface area (Å²) >= 11 is 1.12. The standard InChI is InChI=1S/C30H23N3O8S/c1-4-14-39-29(36)26-17(2)31-30-32(27(26)19-8-10-22(11-9-19)40-18(3)34)28(35)25(42-30)16-23-12-13-24(41-23)20-6-5-7-21(15-20)33(37)38/h4-13,15-16,27H,1,14H2,2-3H3. The smallest absolute Gasteiger partial charge is 0.338 e. The molecule has 0 aliphatic carbocycles. The fraction of sp³-hybridized carbons (Fsp3) is 0.133. The molecule has 1 aliphatic rings. The molecule has 0 amide bonds. The van der Waals surface area contributed by atoms with Crippen LogP contribution in [0.1, 0.15) is 31.2 Å². The largest absolute Gasteiger partial charge is 0.458 e. The summed E-state index contributed by atoms with van der Waals surface area (Å²) in [5.74, 6) is -0.0664. The first-order valence-corrected chi connectivity index (χ1v) is 13.4. The molecule has 212 valence electrons. The van der Waals surface area contributed by atoms with E-state index in [2.05, 4.69) is 11.6 Å². The number of hydrogen-bond acceptors (Lipinski definition) is 10. The summed E-state index contributed by atoms with van der Waals surface area (Å²) < 4.78 is 18.1. The number of esters is 2. The normalized spacial score (nSPS) is 14.6. The number of aromatic nitrogens is 1. The average Bonchev–Trinajstić information content (AvgIpc) is 3.55. The minimum Gasteiger partial charge on any atom is -0.458 e. The number of nitro benzene ring substituents is 1. The van der Waals surface area contributed by atoms with Crippen molar-refractivity contribution in [2.45, 2.75) is 19.9 Å². The van der Waals surface area contributed by atoms with Crippen LogP contribution in [0, 0.1) is 10.1 Å². The highest BCUT2D eigenvalue weighted by molar-refractivity contribution is 7.07. The summed E-state index contributed by atoms with van der Waals surface area (Å²) in [6, 6.07) is 15.0. The number of benzene rings is 2. The first kappa shape index (κ1) is 28.2. The third kappa shape index (κ3) is 5.60. The molecular formula is C30H23N3O8S. The Hall–Kier alpha value is -5.36. The van der Waals surface area contributed by atoms with Gasteiger partial charge in [-0.25, -0.2) is 9.79 Å². The highest BCUT2D eigenvalue weighted by Gasteiger charge is 2.33. The summed E-state index contributed by atoms with van der Waals surface area (Å²) in [5, 5.41) is 11.2. The quantitative estimate of drug-likeness (QED) is 0.0991. The van der Waals surface area contributed by atoms with Crippen LogP contribution in [0.25, 0.3) is 17.4 Å². The summed E-state index contributed by atoms with van der Waals surface area (Å²) in [4.78, 5) is 53.9. The first-order valence-electron chi connectivity index (χ1n) is 12.6. The van der Waals surface area contributed by atoms with Gasteiger partial charge in [0.05, 0.1) is 26.8 Å². The van der Waals surface area contributed by atoms with Crippen molar-refractivity contribution < 1.29 is 28.4 Å². The lowest BCUT2D eigenvalue weighted by atomic mass is 9.96. The number of ether oxygens (including phenoxy) is 2. The second kappa shape index (κ2) is 11.6. The van der Waals surface area contributed by atoms with Crippen molar-refractivity contribution in [1.82, 2.24) is 4.57 Å². The zero-order chi connectivity index (χ0) is 30.0. The average molecular weight is 586 g/mol. The molecule has 0 radical (unpaired) electrons. The van der Waals surface area contributed by atoms with E-state index in [9.17, 15) is 24.5 Å². The number of nitrogens with zero attached hydrogens (tertiary/aromatic N) is 3. The molecule has 11 nitrogen and oxygen atoms in total. The van der Waals surface area contributed by atoms with Crippen LogP contribution in [0.3, 0.4) is 0 Å². The minimum absolute atomic E-state index is 0.0243. The Morgan fingerprint density at radius 3 is 2.64 bits per heavy atom.